The van der Waals surface area contributed by atoms with E-state index in [9.17, 15) is 9.59 Å². The number of morpholine rings is 1. The number of hydrogen-bond donors (Lipinski definition) is 0. The lowest BCUT2D eigenvalue weighted by atomic mass is 10.0. The van der Waals surface area contributed by atoms with Gasteiger partial charge in [0.05, 0.1) is 12.7 Å². The summed E-state index contributed by atoms with van der Waals surface area (Å²) in [7, 11) is 0. The van der Waals surface area contributed by atoms with Crippen LogP contribution in [0.1, 0.15) is 47.7 Å². The van der Waals surface area contributed by atoms with Crippen molar-refractivity contribution in [1.82, 2.24) is 4.90 Å². The van der Waals surface area contributed by atoms with Crippen LogP contribution in [0.15, 0.2) is 18.2 Å². The first-order valence-corrected chi connectivity index (χ1v) is 8.18. The maximum absolute atomic E-state index is 12.3. The summed E-state index contributed by atoms with van der Waals surface area (Å²) in [6.45, 7) is 3.82. The molecule has 1 heterocycles. The van der Waals surface area contributed by atoms with Crippen molar-refractivity contribution in [2.24, 2.45) is 0 Å². The van der Waals surface area contributed by atoms with Crippen molar-refractivity contribution < 1.29 is 14.3 Å². The Balaban J connectivity index is 1.54. The van der Waals surface area contributed by atoms with Gasteiger partial charge < -0.3 is 9.64 Å². The maximum Gasteiger partial charge on any atom is 0.223 e. The lowest BCUT2D eigenvalue weighted by Gasteiger charge is -2.31. The fourth-order valence-electron chi connectivity index (χ4n) is 3.31. The number of ether oxygens (including phenoxy) is 1. The minimum Gasteiger partial charge on any atom is -0.375 e. The lowest BCUT2D eigenvalue weighted by molar-refractivity contribution is -0.138. The van der Waals surface area contributed by atoms with Crippen LogP contribution < -0.4 is 0 Å². The quantitative estimate of drug-likeness (QED) is 0.802. The van der Waals surface area contributed by atoms with Crippen LogP contribution >= 0.6 is 0 Å². The van der Waals surface area contributed by atoms with Crippen LogP contribution in [0.3, 0.4) is 0 Å². The summed E-state index contributed by atoms with van der Waals surface area (Å²) in [6, 6.07) is 6.00. The van der Waals surface area contributed by atoms with Gasteiger partial charge in [-0.15, -0.1) is 0 Å². The van der Waals surface area contributed by atoms with E-state index in [-0.39, 0.29) is 17.8 Å². The highest BCUT2D eigenvalue weighted by Gasteiger charge is 2.22. The van der Waals surface area contributed by atoms with E-state index in [1.807, 2.05) is 24.0 Å². The smallest absolute Gasteiger partial charge is 0.223 e. The van der Waals surface area contributed by atoms with E-state index >= 15 is 0 Å². The second kappa shape index (κ2) is 6.61. The van der Waals surface area contributed by atoms with E-state index < -0.39 is 0 Å². The molecule has 1 amide bonds. The predicted molar refractivity (Wildman–Crippen MR) is 84.0 cm³/mol. The molecule has 0 N–H and O–H groups in total. The van der Waals surface area contributed by atoms with Gasteiger partial charge in [-0.05, 0) is 43.4 Å². The van der Waals surface area contributed by atoms with Crippen LogP contribution in [0.5, 0.6) is 0 Å². The first-order chi connectivity index (χ1) is 10.6. The number of carbonyl (C=O) groups is 2. The summed E-state index contributed by atoms with van der Waals surface area (Å²) in [5.74, 6) is 0.133. The second-order valence-corrected chi connectivity index (χ2v) is 6.28. The Morgan fingerprint density at radius 2 is 2.05 bits per heavy atom. The monoisotopic (exact) mass is 301 g/mol. The highest BCUT2D eigenvalue weighted by atomic mass is 16.5. The third kappa shape index (κ3) is 3.38. The first-order valence-electron chi connectivity index (χ1n) is 8.18. The van der Waals surface area contributed by atoms with Crippen LogP contribution in [0, 0.1) is 0 Å². The van der Waals surface area contributed by atoms with Gasteiger partial charge >= 0.3 is 0 Å². The third-order valence-electron chi connectivity index (χ3n) is 4.58. The van der Waals surface area contributed by atoms with E-state index in [4.69, 9.17) is 4.74 Å². The number of nitrogens with zero attached hydrogens (tertiary/aromatic N) is 1. The maximum atomic E-state index is 12.3. The van der Waals surface area contributed by atoms with Gasteiger partial charge in [0.2, 0.25) is 5.91 Å². The standard InChI is InChI=1S/C18H23NO3/c1-13-12-19(9-10-22-13)18(21)8-7-17(20)16-6-5-14-3-2-4-15(14)11-16/h5-6,11,13H,2-4,7-10,12H2,1H3. The molecule has 118 valence electrons. The lowest BCUT2D eigenvalue weighted by Crippen LogP contribution is -2.44. The predicted octanol–water partition coefficient (Wildman–Crippen LogP) is 2.39. The van der Waals surface area contributed by atoms with Gasteiger partial charge in [0.1, 0.15) is 0 Å². The molecule has 4 heteroatoms. The van der Waals surface area contributed by atoms with Gasteiger partial charge in [-0.3, -0.25) is 9.59 Å². The molecule has 0 radical (unpaired) electrons. The third-order valence-corrected chi connectivity index (χ3v) is 4.58. The van der Waals surface area contributed by atoms with Crippen molar-refractivity contribution in [3.63, 3.8) is 0 Å². The number of hydrogen-bond acceptors (Lipinski definition) is 3. The molecule has 0 saturated carbocycles. The molecule has 1 aliphatic heterocycles. The van der Waals surface area contributed by atoms with Crippen molar-refractivity contribution in [3.8, 4) is 0 Å². The topological polar surface area (TPSA) is 46.6 Å². The van der Waals surface area contributed by atoms with Gasteiger partial charge in [0.25, 0.3) is 0 Å². The highest BCUT2D eigenvalue weighted by Crippen LogP contribution is 2.23. The van der Waals surface area contributed by atoms with Crippen LogP contribution in [-0.2, 0) is 22.4 Å². The summed E-state index contributed by atoms with van der Waals surface area (Å²) >= 11 is 0. The number of carbonyl (C=O) groups excluding carboxylic acids is 2. The minimum absolute atomic E-state index is 0.0599. The molecule has 1 aromatic rings. The molecular weight excluding hydrogens is 278 g/mol. The molecular formula is C18H23NO3. The average molecular weight is 301 g/mol. The fraction of sp³-hybridized carbons (Fsp3) is 0.556. The molecule has 1 unspecified atom stereocenters. The van der Waals surface area contributed by atoms with Crippen molar-refractivity contribution in [3.05, 3.63) is 34.9 Å². The van der Waals surface area contributed by atoms with Crippen LogP contribution in [0.25, 0.3) is 0 Å². The highest BCUT2D eigenvalue weighted by molar-refractivity contribution is 5.98. The van der Waals surface area contributed by atoms with Gasteiger partial charge in [-0.25, -0.2) is 0 Å². The number of rotatable bonds is 4. The van der Waals surface area contributed by atoms with E-state index in [0.717, 1.165) is 18.4 Å². The van der Waals surface area contributed by atoms with Crippen molar-refractivity contribution in [1.29, 1.82) is 0 Å². The molecule has 3 rings (SSSR count). The zero-order valence-corrected chi connectivity index (χ0v) is 13.1. The molecule has 1 aromatic carbocycles. The normalized spacial score (nSPS) is 20.8. The van der Waals surface area contributed by atoms with Gasteiger partial charge in [0.15, 0.2) is 5.78 Å². The number of aryl methyl sites for hydroxylation is 2. The van der Waals surface area contributed by atoms with Crippen molar-refractivity contribution in [2.45, 2.75) is 45.1 Å². The molecule has 2 aliphatic rings. The molecule has 22 heavy (non-hydrogen) atoms. The number of benzene rings is 1. The molecule has 1 fully saturated rings. The van der Waals surface area contributed by atoms with Crippen LogP contribution in [0.2, 0.25) is 0 Å². The molecule has 0 aromatic heterocycles. The van der Waals surface area contributed by atoms with E-state index in [0.29, 0.717) is 32.5 Å². The van der Waals surface area contributed by atoms with Gasteiger partial charge in [0, 0.05) is 31.5 Å². The number of fused-ring (bicyclic) bond motifs is 1. The Bertz CT molecular complexity index is 582. The Hall–Kier alpha value is -1.68. The van der Waals surface area contributed by atoms with E-state index in [2.05, 4.69) is 6.07 Å². The van der Waals surface area contributed by atoms with Gasteiger partial charge in [-0.1, -0.05) is 12.1 Å². The molecule has 0 spiro atoms. The molecule has 1 saturated heterocycles. The van der Waals surface area contributed by atoms with E-state index in [1.54, 1.807) is 0 Å². The Labute approximate surface area is 131 Å². The largest absolute Gasteiger partial charge is 0.375 e. The average Bonchev–Trinajstić information content (AvgIpc) is 2.99. The SMILES string of the molecule is CC1CN(C(=O)CCC(=O)c2ccc3c(c2)CCC3)CCO1. The summed E-state index contributed by atoms with van der Waals surface area (Å²) < 4.78 is 5.43. The first kappa shape index (κ1) is 15.2. The molecule has 4 nitrogen and oxygen atoms in total. The molecule has 0 bridgehead atoms. The number of ketones is 1. The van der Waals surface area contributed by atoms with Crippen molar-refractivity contribution >= 4 is 11.7 Å². The zero-order chi connectivity index (χ0) is 15.5. The second-order valence-electron chi connectivity index (χ2n) is 6.28. The van der Waals surface area contributed by atoms with Gasteiger partial charge in [-0.2, -0.15) is 0 Å². The fourth-order valence-corrected chi connectivity index (χ4v) is 3.31. The summed E-state index contributed by atoms with van der Waals surface area (Å²) in [5, 5.41) is 0. The summed E-state index contributed by atoms with van der Waals surface area (Å²) in [4.78, 5) is 26.3. The van der Waals surface area contributed by atoms with Crippen LogP contribution in [0.4, 0.5) is 0 Å². The summed E-state index contributed by atoms with van der Waals surface area (Å²) in [5.41, 5.74) is 3.43. The van der Waals surface area contributed by atoms with Crippen molar-refractivity contribution in [2.75, 3.05) is 19.7 Å². The number of amides is 1. The number of Topliss-reactive ketones (excluding diaryl/α,β-unsaturated/α-hetero) is 1. The summed E-state index contributed by atoms with van der Waals surface area (Å²) in [6.07, 6.45) is 4.05. The Morgan fingerprint density at radius 1 is 1.23 bits per heavy atom. The molecule has 1 atom stereocenters. The Kier molecular flexibility index (Phi) is 4.57. The van der Waals surface area contributed by atoms with E-state index in [1.165, 1.54) is 17.5 Å². The Morgan fingerprint density at radius 3 is 2.86 bits per heavy atom. The van der Waals surface area contributed by atoms with Crippen LogP contribution in [-0.4, -0.2) is 42.4 Å². The minimum atomic E-state index is 0.0599. The zero-order valence-electron chi connectivity index (χ0n) is 13.1. The molecule has 1 aliphatic carbocycles.